The lowest BCUT2D eigenvalue weighted by Gasteiger charge is -2.10. The van der Waals surface area contributed by atoms with Gasteiger partial charge in [0.05, 0.1) is 5.92 Å². The third-order valence-corrected chi connectivity index (χ3v) is 2.87. The predicted octanol–water partition coefficient (Wildman–Crippen LogP) is 2.10. The van der Waals surface area contributed by atoms with Gasteiger partial charge in [0.25, 0.3) is 0 Å². The number of amides is 1. The lowest BCUT2D eigenvalue weighted by Crippen LogP contribution is -2.24. The van der Waals surface area contributed by atoms with E-state index in [0.717, 1.165) is 13.0 Å². The van der Waals surface area contributed by atoms with Crippen LogP contribution < -0.4 is 10.6 Å². The summed E-state index contributed by atoms with van der Waals surface area (Å²) in [6.45, 7) is 3.28. The van der Waals surface area contributed by atoms with E-state index in [4.69, 9.17) is 0 Å². The zero-order chi connectivity index (χ0) is 11.5. The maximum absolute atomic E-state index is 13.2. The Morgan fingerprint density at radius 1 is 1.53 bits per heavy atom. The molecular weight excluding hydrogens is 243 g/mol. The molecule has 1 unspecified atom stereocenters. The monoisotopic (exact) mass is 258 g/mol. The molecule has 1 aliphatic rings. The van der Waals surface area contributed by atoms with E-state index in [2.05, 4.69) is 10.6 Å². The van der Waals surface area contributed by atoms with Crippen LogP contribution in [0.2, 0.25) is 0 Å². The summed E-state index contributed by atoms with van der Waals surface area (Å²) in [5.41, 5.74) is 1.11. The Kier molecular flexibility index (Phi) is 4.90. The molecule has 0 spiro atoms. The summed E-state index contributed by atoms with van der Waals surface area (Å²) in [6.07, 6.45) is 0.847. The minimum absolute atomic E-state index is 0. The predicted molar refractivity (Wildman–Crippen MR) is 68.0 cm³/mol. The fraction of sp³-hybridized carbons (Fsp3) is 0.417. The Hall–Kier alpha value is -1.13. The van der Waals surface area contributed by atoms with Crippen molar-refractivity contribution in [3.63, 3.8) is 0 Å². The van der Waals surface area contributed by atoms with E-state index in [1.165, 1.54) is 6.07 Å². The van der Waals surface area contributed by atoms with E-state index < -0.39 is 0 Å². The quantitative estimate of drug-likeness (QED) is 0.853. The molecule has 1 heterocycles. The first-order chi connectivity index (χ1) is 7.66. The summed E-state index contributed by atoms with van der Waals surface area (Å²) >= 11 is 0. The van der Waals surface area contributed by atoms with Crippen LogP contribution in [0.15, 0.2) is 18.2 Å². The summed E-state index contributed by atoms with van der Waals surface area (Å²) in [5.74, 6) is -0.319. The number of benzene rings is 1. The van der Waals surface area contributed by atoms with Crippen LogP contribution >= 0.6 is 12.4 Å². The van der Waals surface area contributed by atoms with Crippen molar-refractivity contribution in [3.8, 4) is 0 Å². The number of hydrogen-bond donors (Lipinski definition) is 2. The highest BCUT2D eigenvalue weighted by molar-refractivity contribution is 5.92. The molecule has 0 aromatic heterocycles. The minimum Gasteiger partial charge on any atom is -0.326 e. The molecule has 5 heteroatoms. The largest absolute Gasteiger partial charge is 0.326 e. The van der Waals surface area contributed by atoms with Crippen molar-refractivity contribution >= 4 is 24.0 Å². The van der Waals surface area contributed by atoms with E-state index in [1.54, 1.807) is 19.1 Å². The van der Waals surface area contributed by atoms with Crippen molar-refractivity contribution in [1.82, 2.24) is 5.32 Å². The number of hydrogen-bond acceptors (Lipinski definition) is 2. The van der Waals surface area contributed by atoms with Crippen molar-refractivity contribution in [3.05, 3.63) is 29.6 Å². The molecular formula is C12H16ClFN2O. The first-order valence-corrected chi connectivity index (χ1v) is 5.44. The topological polar surface area (TPSA) is 41.1 Å². The van der Waals surface area contributed by atoms with Crippen LogP contribution in [-0.2, 0) is 4.79 Å². The third-order valence-electron chi connectivity index (χ3n) is 2.87. The summed E-state index contributed by atoms with van der Waals surface area (Å²) in [5, 5.41) is 5.86. The van der Waals surface area contributed by atoms with Gasteiger partial charge in [-0.25, -0.2) is 4.39 Å². The molecule has 1 aliphatic heterocycles. The number of carbonyl (C=O) groups is 1. The Morgan fingerprint density at radius 2 is 2.29 bits per heavy atom. The van der Waals surface area contributed by atoms with Gasteiger partial charge in [0.1, 0.15) is 5.82 Å². The van der Waals surface area contributed by atoms with Crippen LogP contribution in [0.5, 0.6) is 0 Å². The molecule has 0 radical (unpaired) electrons. The fourth-order valence-corrected chi connectivity index (χ4v) is 1.79. The summed E-state index contributed by atoms with van der Waals surface area (Å²) in [6, 6.07) is 4.74. The van der Waals surface area contributed by atoms with Crippen LogP contribution in [-0.4, -0.2) is 19.0 Å². The highest BCUT2D eigenvalue weighted by Crippen LogP contribution is 2.16. The van der Waals surface area contributed by atoms with E-state index in [1.807, 2.05) is 0 Å². The van der Waals surface area contributed by atoms with Crippen molar-refractivity contribution in [2.75, 3.05) is 18.4 Å². The average Bonchev–Trinajstić information content (AvgIpc) is 2.77. The van der Waals surface area contributed by atoms with Gasteiger partial charge in [-0.15, -0.1) is 12.4 Å². The summed E-state index contributed by atoms with van der Waals surface area (Å²) < 4.78 is 13.2. The standard InChI is InChI=1S/C12H15FN2O.ClH/c1-8-2-3-10(6-11(8)13)15-12(16)9-4-5-14-7-9;/h2-3,6,9,14H,4-5,7H2,1H3,(H,15,16);1H. The van der Waals surface area contributed by atoms with Gasteiger partial charge in [-0.2, -0.15) is 0 Å². The third kappa shape index (κ3) is 3.41. The van der Waals surface area contributed by atoms with Gasteiger partial charge in [-0.05, 0) is 37.6 Å². The fourth-order valence-electron chi connectivity index (χ4n) is 1.79. The van der Waals surface area contributed by atoms with Gasteiger partial charge >= 0.3 is 0 Å². The Morgan fingerprint density at radius 3 is 2.88 bits per heavy atom. The molecule has 1 atom stereocenters. The van der Waals surface area contributed by atoms with E-state index >= 15 is 0 Å². The van der Waals surface area contributed by atoms with Crippen LogP contribution in [0.3, 0.4) is 0 Å². The maximum Gasteiger partial charge on any atom is 0.228 e. The van der Waals surface area contributed by atoms with Crippen LogP contribution in [0.25, 0.3) is 0 Å². The Labute approximate surface area is 106 Å². The maximum atomic E-state index is 13.2. The first-order valence-electron chi connectivity index (χ1n) is 5.44. The molecule has 1 saturated heterocycles. The highest BCUT2D eigenvalue weighted by Gasteiger charge is 2.22. The zero-order valence-corrected chi connectivity index (χ0v) is 10.4. The molecule has 3 nitrogen and oxygen atoms in total. The summed E-state index contributed by atoms with van der Waals surface area (Å²) in [4.78, 5) is 11.7. The smallest absolute Gasteiger partial charge is 0.228 e. The number of aryl methyl sites for hydroxylation is 1. The van der Waals surface area contributed by atoms with Crippen molar-refractivity contribution in [2.24, 2.45) is 5.92 Å². The first kappa shape index (κ1) is 13.9. The van der Waals surface area contributed by atoms with Gasteiger partial charge in [-0.3, -0.25) is 4.79 Å². The second-order valence-corrected chi connectivity index (χ2v) is 4.14. The van der Waals surface area contributed by atoms with Crippen LogP contribution in [0.4, 0.5) is 10.1 Å². The number of halogens is 2. The lowest BCUT2D eigenvalue weighted by atomic mass is 10.1. The van der Waals surface area contributed by atoms with Gasteiger partial charge in [0.15, 0.2) is 0 Å². The molecule has 2 N–H and O–H groups in total. The average molecular weight is 259 g/mol. The van der Waals surface area contributed by atoms with Crippen molar-refractivity contribution < 1.29 is 9.18 Å². The minimum atomic E-state index is -0.289. The molecule has 1 amide bonds. The van der Waals surface area contributed by atoms with E-state index in [9.17, 15) is 9.18 Å². The van der Waals surface area contributed by atoms with Gasteiger partial charge < -0.3 is 10.6 Å². The van der Waals surface area contributed by atoms with E-state index in [-0.39, 0.29) is 30.0 Å². The molecule has 1 fully saturated rings. The second-order valence-electron chi connectivity index (χ2n) is 4.14. The van der Waals surface area contributed by atoms with Crippen molar-refractivity contribution in [1.29, 1.82) is 0 Å². The molecule has 1 aromatic rings. The molecule has 1 aromatic carbocycles. The molecule has 17 heavy (non-hydrogen) atoms. The number of carbonyl (C=O) groups excluding carboxylic acids is 1. The Bertz CT molecular complexity index is 405. The van der Waals surface area contributed by atoms with Crippen molar-refractivity contribution in [2.45, 2.75) is 13.3 Å². The van der Waals surface area contributed by atoms with Gasteiger partial charge in [-0.1, -0.05) is 6.07 Å². The number of rotatable bonds is 2. The zero-order valence-electron chi connectivity index (χ0n) is 9.63. The molecule has 2 rings (SSSR count). The molecule has 0 aliphatic carbocycles. The van der Waals surface area contributed by atoms with Gasteiger partial charge in [0, 0.05) is 12.2 Å². The number of anilines is 1. The normalized spacial score (nSPS) is 18.6. The second kappa shape index (κ2) is 5.98. The van der Waals surface area contributed by atoms with Gasteiger partial charge in [0.2, 0.25) is 5.91 Å². The van der Waals surface area contributed by atoms with Crippen LogP contribution in [0, 0.1) is 18.7 Å². The molecule has 94 valence electrons. The number of nitrogens with one attached hydrogen (secondary N) is 2. The summed E-state index contributed by atoms with van der Waals surface area (Å²) in [7, 11) is 0. The van der Waals surface area contributed by atoms with Crippen LogP contribution in [0.1, 0.15) is 12.0 Å². The Balaban J connectivity index is 0.00000144. The molecule has 0 saturated carbocycles. The lowest BCUT2D eigenvalue weighted by molar-refractivity contribution is -0.119. The highest BCUT2D eigenvalue weighted by atomic mass is 35.5. The van der Waals surface area contributed by atoms with E-state index in [0.29, 0.717) is 17.8 Å². The SMILES string of the molecule is Cc1ccc(NC(=O)C2CCNC2)cc1F.Cl. The molecule has 0 bridgehead atoms.